The summed E-state index contributed by atoms with van der Waals surface area (Å²) in [6.07, 6.45) is 6.34. The van der Waals surface area contributed by atoms with Crippen molar-refractivity contribution in [2.45, 2.75) is 13.3 Å². The van der Waals surface area contributed by atoms with Gasteiger partial charge >= 0.3 is 0 Å². The summed E-state index contributed by atoms with van der Waals surface area (Å²) in [7, 11) is 3.06. The van der Waals surface area contributed by atoms with E-state index in [1.165, 1.54) is 12.2 Å². The third-order valence-electron chi connectivity index (χ3n) is 2.59. The van der Waals surface area contributed by atoms with Crippen molar-refractivity contribution in [1.82, 2.24) is 5.06 Å². The topological polar surface area (TPSA) is 29.5 Å². The molecule has 0 saturated heterocycles. The van der Waals surface area contributed by atoms with Gasteiger partial charge in [0.2, 0.25) is 0 Å². The van der Waals surface area contributed by atoms with E-state index in [-0.39, 0.29) is 5.91 Å². The summed E-state index contributed by atoms with van der Waals surface area (Å²) in [6.45, 7) is 2.02. The van der Waals surface area contributed by atoms with E-state index in [1.54, 1.807) is 13.1 Å². The van der Waals surface area contributed by atoms with Crippen LogP contribution in [0.1, 0.15) is 18.9 Å². The molecule has 0 aliphatic rings. The van der Waals surface area contributed by atoms with E-state index in [4.69, 9.17) is 4.84 Å². The zero-order valence-corrected chi connectivity index (χ0v) is 11.1. The molecule has 0 aromatic heterocycles. The molecule has 0 N–H and O–H groups in total. The fraction of sp³-hybridized carbons (Fsp3) is 0.267. The molecule has 1 aromatic carbocycles. The molecule has 96 valence electrons. The van der Waals surface area contributed by atoms with Gasteiger partial charge in [-0.25, -0.2) is 5.06 Å². The standard InChI is InChI=1S/C15H19NO2/c1-4-13(12-15(17)16(2)18-3)10-11-14-8-6-5-7-9-14/h5-12H,4H2,1-3H3/b11-10+,13-12+. The minimum atomic E-state index is -0.160. The molecule has 0 radical (unpaired) electrons. The van der Waals surface area contributed by atoms with Gasteiger partial charge < -0.3 is 0 Å². The summed E-state index contributed by atoms with van der Waals surface area (Å²) in [4.78, 5) is 16.5. The quantitative estimate of drug-likeness (QED) is 0.453. The molecule has 0 fully saturated rings. The zero-order valence-electron chi connectivity index (χ0n) is 11.1. The monoisotopic (exact) mass is 245 g/mol. The Labute approximate surface area is 108 Å². The van der Waals surface area contributed by atoms with E-state index < -0.39 is 0 Å². The Hall–Kier alpha value is -1.87. The number of hydroxylamine groups is 2. The molecule has 3 heteroatoms. The fourth-order valence-corrected chi connectivity index (χ4v) is 1.37. The van der Waals surface area contributed by atoms with Gasteiger partial charge in [0, 0.05) is 13.1 Å². The maximum atomic E-state index is 11.6. The smallest absolute Gasteiger partial charge is 0.270 e. The van der Waals surface area contributed by atoms with Crippen LogP contribution in [0.15, 0.2) is 48.1 Å². The van der Waals surface area contributed by atoms with Gasteiger partial charge in [-0.2, -0.15) is 0 Å². The second-order valence-electron chi connectivity index (χ2n) is 3.84. The highest BCUT2D eigenvalue weighted by Crippen LogP contribution is 2.08. The Morgan fingerprint density at radius 3 is 2.56 bits per heavy atom. The molecule has 0 unspecified atom stereocenters. The van der Waals surface area contributed by atoms with Crippen LogP contribution in [-0.4, -0.2) is 25.1 Å². The molecule has 1 amide bonds. The van der Waals surface area contributed by atoms with E-state index in [9.17, 15) is 4.79 Å². The zero-order chi connectivity index (χ0) is 13.4. The summed E-state index contributed by atoms with van der Waals surface area (Å²) < 4.78 is 0. The third-order valence-corrected chi connectivity index (χ3v) is 2.59. The van der Waals surface area contributed by atoms with Crippen LogP contribution < -0.4 is 0 Å². The number of hydrogen-bond donors (Lipinski definition) is 0. The minimum absolute atomic E-state index is 0.160. The Morgan fingerprint density at radius 2 is 2.00 bits per heavy atom. The molecule has 0 bridgehead atoms. The first-order valence-corrected chi connectivity index (χ1v) is 5.93. The van der Waals surface area contributed by atoms with Crippen molar-refractivity contribution in [3.8, 4) is 0 Å². The number of amides is 1. The number of allylic oxidation sites excluding steroid dienone is 2. The number of carbonyl (C=O) groups is 1. The van der Waals surface area contributed by atoms with Gasteiger partial charge in [-0.1, -0.05) is 49.4 Å². The molecule has 1 aromatic rings. The number of carbonyl (C=O) groups excluding carboxylic acids is 1. The molecule has 0 spiro atoms. The van der Waals surface area contributed by atoms with Crippen LogP contribution in [0.25, 0.3) is 6.08 Å². The van der Waals surface area contributed by atoms with Gasteiger partial charge in [-0.05, 0) is 17.6 Å². The van der Waals surface area contributed by atoms with Gasteiger partial charge in [0.15, 0.2) is 0 Å². The number of nitrogens with zero attached hydrogens (tertiary/aromatic N) is 1. The van der Waals surface area contributed by atoms with E-state index in [2.05, 4.69) is 0 Å². The second kappa shape index (κ2) is 7.45. The van der Waals surface area contributed by atoms with Crippen LogP contribution in [-0.2, 0) is 9.63 Å². The van der Waals surface area contributed by atoms with Crippen molar-refractivity contribution < 1.29 is 9.63 Å². The van der Waals surface area contributed by atoms with Crippen molar-refractivity contribution >= 4 is 12.0 Å². The molecule has 0 heterocycles. The highest BCUT2D eigenvalue weighted by molar-refractivity contribution is 5.88. The van der Waals surface area contributed by atoms with Crippen LogP contribution in [0.5, 0.6) is 0 Å². The van der Waals surface area contributed by atoms with Crippen LogP contribution >= 0.6 is 0 Å². The maximum absolute atomic E-state index is 11.6. The normalized spacial score (nSPS) is 11.8. The molecular formula is C15H19NO2. The predicted octanol–water partition coefficient (Wildman–Crippen LogP) is 3.06. The summed E-state index contributed by atoms with van der Waals surface area (Å²) in [5.74, 6) is -0.160. The Bertz CT molecular complexity index is 435. The average Bonchev–Trinajstić information content (AvgIpc) is 2.43. The molecular weight excluding hydrogens is 226 g/mol. The number of likely N-dealkylation sites (N-methyl/N-ethyl adjacent to an activating group) is 1. The van der Waals surface area contributed by atoms with Gasteiger partial charge in [-0.15, -0.1) is 0 Å². The highest BCUT2D eigenvalue weighted by Gasteiger charge is 2.04. The first-order chi connectivity index (χ1) is 8.67. The largest absolute Gasteiger partial charge is 0.274 e. The van der Waals surface area contributed by atoms with Crippen molar-refractivity contribution in [3.63, 3.8) is 0 Å². The van der Waals surface area contributed by atoms with Crippen molar-refractivity contribution in [2.75, 3.05) is 14.2 Å². The second-order valence-corrected chi connectivity index (χ2v) is 3.84. The number of rotatable bonds is 5. The predicted molar refractivity (Wildman–Crippen MR) is 73.6 cm³/mol. The van der Waals surface area contributed by atoms with Gasteiger partial charge in [0.05, 0.1) is 7.11 Å². The Balaban J connectivity index is 2.76. The van der Waals surface area contributed by atoms with Crippen molar-refractivity contribution in [1.29, 1.82) is 0 Å². The number of hydrogen-bond acceptors (Lipinski definition) is 2. The minimum Gasteiger partial charge on any atom is -0.274 e. The lowest BCUT2D eigenvalue weighted by Gasteiger charge is -2.11. The molecule has 18 heavy (non-hydrogen) atoms. The Kier molecular flexibility index (Phi) is 5.88. The third kappa shape index (κ3) is 4.55. The lowest BCUT2D eigenvalue weighted by molar-refractivity contribution is -0.162. The lowest BCUT2D eigenvalue weighted by Crippen LogP contribution is -2.23. The van der Waals surface area contributed by atoms with Crippen LogP contribution in [0, 0.1) is 0 Å². The maximum Gasteiger partial charge on any atom is 0.270 e. The highest BCUT2D eigenvalue weighted by atomic mass is 16.7. The van der Waals surface area contributed by atoms with Crippen LogP contribution in [0.3, 0.4) is 0 Å². The Morgan fingerprint density at radius 1 is 1.33 bits per heavy atom. The molecule has 0 aliphatic carbocycles. The van der Waals surface area contributed by atoms with Crippen LogP contribution in [0.2, 0.25) is 0 Å². The molecule has 0 saturated carbocycles. The van der Waals surface area contributed by atoms with Gasteiger partial charge in [-0.3, -0.25) is 9.63 Å². The van der Waals surface area contributed by atoms with E-state index in [0.29, 0.717) is 0 Å². The summed E-state index contributed by atoms with van der Waals surface area (Å²) in [5.41, 5.74) is 2.08. The molecule has 3 nitrogen and oxygen atoms in total. The molecule has 1 rings (SSSR count). The average molecular weight is 245 g/mol. The van der Waals surface area contributed by atoms with Crippen LogP contribution in [0.4, 0.5) is 0 Å². The first-order valence-electron chi connectivity index (χ1n) is 5.93. The fourth-order valence-electron chi connectivity index (χ4n) is 1.37. The SMILES string of the molecule is CCC(/C=C/c1ccccc1)=C\C(=O)N(C)OC. The van der Waals surface area contributed by atoms with E-state index >= 15 is 0 Å². The summed E-state index contributed by atoms with van der Waals surface area (Å²) in [5, 5.41) is 1.20. The first kappa shape index (κ1) is 14.2. The molecule has 0 atom stereocenters. The van der Waals surface area contributed by atoms with Gasteiger partial charge in [0.1, 0.15) is 0 Å². The number of benzene rings is 1. The molecule has 0 aliphatic heterocycles. The van der Waals surface area contributed by atoms with E-state index in [0.717, 1.165) is 17.6 Å². The van der Waals surface area contributed by atoms with E-state index in [1.807, 2.05) is 49.4 Å². The summed E-state index contributed by atoms with van der Waals surface area (Å²) >= 11 is 0. The van der Waals surface area contributed by atoms with Crippen molar-refractivity contribution in [2.24, 2.45) is 0 Å². The summed E-state index contributed by atoms with van der Waals surface area (Å²) in [6, 6.07) is 9.99. The van der Waals surface area contributed by atoms with Gasteiger partial charge in [0.25, 0.3) is 5.91 Å². The van der Waals surface area contributed by atoms with Crippen molar-refractivity contribution in [3.05, 3.63) is 53.6 Å². The lowest BCUT2D eigenvalue weighted by atomic mass is 10.1.